The van der Waals surface area contributed by atoms with E-state index < -0.39 is 0 Å². The minimum absolute atomic E-state index is 0.120. The SMILES string of the molecule is CC(=O)Nc1ccc(Oc2cnc3c(cnn3-c3ccccc3)n2)cc1. The zero-order valence-corrected chi connectivity index (χ0v) is 14.0. The van der Waals surface area contributed by atoms with Gasteiger partial charge in [-0.1, -0.05) is 18.2 Å². The number of rotatable bonds is 4. The van der Waals surface area contributed by atoms with Crippen molar-refractivity contribution in [3.63, 3.8) is 0 Å². The maximum Gasteiger partial charge on any atom is 0.238 e. The Balaban J connectivity index is 1.57. The molecule has 2 heterocycles. The normalized spacial score (nSPS) is 10.7. The van der Waals surface area contributed by atoms with Crippen molar-refractivity contribution in [2.45, 2.75) is 6.92 Å². The summed E-state index contributed by atoms with van der Waals surface area (Å²) in [5.41, 5.74) is 2.92. The van der Waals surface area contributed by atoms with E-state index in [1.54, 1.807) is 41.3 Å². The molecule has 0 fully saturated rings. The Kier molecular flexibility index (Phi) is 4.03. The molecule has 0 saturated carbocycles. The number of nitrogens with zero attached hydrogens (tertiary/aromatic N) is 4. The first-order valence-corrected chi connectivity index (χ1v) is 8.01. The summed E-state index contributed by atoms with van der Waals surface area (Å²) in [5.74, 6) is 0.853. The maximum atomic E-state index is 11.0. The summed E-state index contributed by atoms with van der Waals surface area (Å²) in [6.45, 7) is 1.46. The molecule has 4 aromatic rings. The molecule has 0 unspecified atom stereocenters. The lowest BCUT2D eigenvalue weighted by Gasteiger charge is -2.06. The number of carbonyl (C=O) groups is 1. The largest absolute Gasteiger partial charge is 0.437 e. The lowest BCUT2D eigenvalue weighted by atomic mass is 10.3. The fourth-order valence-corrected chi connectivity index (χ4v) is 2.53. The summed E-state index contributed by atoms with van der Waals surface area (Å²) in [5, 5.41) is 7.05. The molecule has 0 saturated heterocycles. The van der Waals surface area contributed by atoms with Gasteiger partial charge in [-0.3, -0.25) is 4.79 Å². The fraction of sp³-hybridized carbons (Fsp3) is 0.0526. The van der Waals surface area contributed by atoms with Crippen LogP contribution in [-0.4, -0.2) is 25.7 Å². The van der Waals surface area contributed by atoms with Gasteiger partial charge in [0.1, 0.15) is 11.3 Å². The molecule has 0 aliphatic rings. The lowest BCUT2D eigenvalue weighted by Crippen LogP contribution is -2.05. The predicted molar refractivity (Wildman–Crippen MR) is 97.5 cm³/mol. The number of nitrogens with one attached hydrogen (secondary N) is 1. The van der Waals surface area contributed by atoms with Crippen molar-refractivity contribution in [2.24, 2.45) is 0 Å². The van der Waals surface area contributed by atoms with Crippen LogP contribution in [0.15, 0.2) is 67.0 Å². The van der Waals surface area contributed by atoms with Crippen LogP contribution in [0, 0.1) is 0 Å². The van der Waals surface area contributed by atoms with Gasteiger partial charge in [-0.05, 0) is 36.4 Å². The number of carbonyl (C=O) groups excluding carboxylic acids is 1. The third-order valence-corrected chi connectivity index (χ3v) is 3.65. The summed E-state index contributed by atoms with van der Waals surface area (Å²) >= 11 is 0. The van der Waals surface area contributed by atoms with Crippen LogP contribution >= 0.6 is 0 Å². The second-order valence-electron chi connectivity index (χ2n) is 5.62. The minimum Gasteiger partial charge on any atom is -0.437 e. The first-order valence-electron chi connectivity index (χ1n) is 8.01. The number of anilines is 1. The van der Waals surface area contributed by atoms with E-state index in [1.165, 1.54) is 6.92 Å². The van der Waals surface area contributed by atoms with Crippen molar-refractivity contribution in [3.05, 3.63) is 67.0 Å². The highest BCUT2D eigenvalue weighted by atomic mass is 16.5. The molecule has 0 bridgehead atoms. The van der Waals surface area contributed by atoms with Gasteiger partial charge in [0.15, 0.2) is 5.65 Å². The molecule has 2 aromatic carbocycles. The molecule has 0 aliphatic carbocycles. The van der Waals surface area contributed by atoms with Gasteiger partial charge in [-0.25, -0.2) is 14.6 Å². The number of hydrogen-bond acceptors (Lipinski definition) is 5. The van der Waals surface area contributed by atoms with E-state index in [0.29, 0.717) is 28.5 Å². The number of fused-ring (bicyclic) bond motifs is 1. The molecule has 2 aromatic heterocycles. The van der Waals surface area contributed by atoms with Crippen LogP contribution in [0.1, 0.15) is 6.92 Å². The molecule has 26 heavy (non-hydrogen) atoms. The van der Waals surface area contributed by atoms with E-state index >= 15 is 0 Å². The zero-order valence-electron chi connectivity index (χ0n) is 14.0. The fourth-order valence-electron chi connectivity index (χ4n) is 2.53. The van der Waals surface area contributed by atoms with Gasteiger partial charge in [-0.15, -0.1) is 0 Å². The van der Waals surface area contributed by atoms with Gasteiger partial charge >= 0.3 is 0 Å². The standard InChI is InChI=1S/C19H15N5O2/c1-13(25)22-14-7-9-16(10-8-14)26-18-12-20-19-17(23-18)11-21-24(19)15-5-3-2-4-6-15/h2-12H,1H3,(H,22,25). The smallest absolute Gasteiger partial charge is 0.238 e. The monoisotopic (exact) mass is 345 g/mol. The van der Waals surface area contributed by atoms with Crippen LogP contribution in [0.4, 0.5) is 5.69 Å². The van der Waals surface area contributed by atoms with Crippen molar-refractivity contribution in [3.8, 4) is 17.3 Å². The number of aromatic nitrogens is 4. The second-order valence-corrected chi connectivity index (χ2v) is 5.62. The predicted octanol–water partition coefficient (Wildman–Crippen LogP) is 3.57. The maximum absolute atomic E-state index is 11.0. The van der Waals surface area contributed by atoms with Crippen LogP contribution in [0.5, 0.6) is 11.6 Å². The third kappa shape index (κ3) is 3.23. The van der Waals surface area contributed by atoms with Crippen LogP contribution < -0.4 is 10.1 Å². The number of ether oxygens (including phenoxy) is 1. The highest BCUT2D eigenvalue weighted by Crippen LogP contribution is 2.23. The molecular formula is C19H15N5O2. The van der Waals surface area contributed by atoms with Crippen LogP contribution in [0.2, 0.25) is 0 Å². The molecule has 0 aliphatic heterocycles. The van der Waals surface area contributed by atoms with E-state index in [0.717, 1.165) is 5.69 Å². The highest BCUT2D eigenvalue weighted by Gasteiger charge is 2.09. The van der Waals surface area contributed by atoms with E-state index in [-0.39, 0.29) is 5.91 Å². The molecule has 4 rings (SSSR count). The van der Waals surface area contributed by atoms with Crippen LogP contribution in [-0.2, 0) is 4.79 Å². The molecule has 7 heteroatoms. The quantitative estimate of drug-likeness (QED) is 0.611. The van der Waals surface area contributed by atoms with E-state index in [1.807, 2.05) is 30.3 Å². The molecule has 1 amide bonds. The Morgan fingerprint density at radius 1 is 1.04 bits per heavy atom. The second kappa shape index (κ2) is 6.64. The lowest BCUT2D eigenvalue weighted by molar-refractivity contribution is -0.114. The van der Waals surface area contributed by atoms with E-state index in [2.05, 4.69) is 20.4 Å². The van der Waals surface area contributed by atoms with Gasteiger partial charge in [0.2, 0.25) is 11.8 Å². The third-order valence-electron chi connectivity index (χ3n) is 3.65. The van der Waals surface area contributed by atoms with Crippen molar-refractivity contribution < 1.29 is 9.53 Å². The number of hydrogen-bond donors (Lipinski definition) is 1. The molecular weight excluding hydrogens is 330 g/mol. The number of para-hydroxylation sites is 1. The number of amides is 1. The molecule has 7 nitrogen and oxygen atoms in total. The number of benzene rings is 2. The summed E-state index contributed by atoms with van der Waals surface area (Å²) in [4.78, 5) is 19.9. The summed E-state index contributed by atoms with van der Waals surface area (Å²) in [6, 6.07) is 16.8. The minimum atomic E-state index is -0.120. The van der Waals surface area contributed by atoms with Crippen LogP contribution in [0.25, 0.3) is 16.9 Å². The topological polar surface area (TPSA) is 81.9 Å². The van der Waals surface area contributed by atoms with Gasteiger partial charge in [0, 0.05) is 12.6 Å². The molecule has 0 atom stereocenters. The summed E-state index contributed by atoms with van der Waals surface area (Å²) < 4.78 is 7.47. The Morgan fingerprint density at radius 3 is 2.54 bits per heavy atom. The molecule has 0 spiro atoms. The molecule has 1 N–H and O–H groups in total. The van der Waals surface area contributed by atoms with Crippen molar-refractivity contribution in [1.29, 1.82) is 0 Å². The Labute approximate surface area is 149 Å². The molecule has 0 radical (unpaired) electrons. The highest BCUT2D eigenvalue weighted by molar-refractivity contribution is 5.88. The van der Waals surface area contributed by atoms with Gasteiger partial charge < -0.3 is 10.1 Å². The average Bonchev–Trinajstić information content (AvgIpc) is 3.07. The Hall–Kier alpha value is -3.74. The summed E-state index contributed by atoms with van der Waals surface area (Å²) in [6.07, 6.45) is 3.22. The van der Waals surface area contributed by atoms with Crippen molar-refractivity contribution in [1.82, 2.24) is 19.7 Å². The van der Waals surface area contributed by atoms with Crippen molar-refractivity contribution >= 4 is 22.8 Å². The summed E-state index contributed by atoms with van der Waals surface area (Å²) in [7, 11) is 0. The Morgan fingerprint density at radius 2 is 1.81 bits per heavy atom. The van der Waals surface area contributed by atoms with Crippen LogP contribution in [0.3, 0.4) is 0 Å². The average molecular weight is 345 g/mol. The van der Waals surface area contributed by atoms with Gasteiger partial charge in [-0.2, -0.15) is 5.10 Å². The van der Waals surface area contributed by atoms with Gasteiger partial charge in [0.05, 0.1) is 18.1 Å². The molecule has 128 valence electrons. The van der Waals surface area contributed by atoms with Gasteiger partial charge in [0.25, 0.3) is 0 Å². The Bertz CT molecular complexity index is 1060. The first-order chi connectivity index (χ1) is 12.7. The zero-order chi connectivity index (χ0) is 17.9. The van der Waals surface area contributed by atoms with E-state index in [4.69, 9.17) is 4.74 Å². The van der Waals surface area contributed by atoms with E-state index in [9.17, 15) is 4.79 Å². The first kappa shape index (κ1) is 15.8. The van der Waals surface area contributed by atoms with Crippen molar-refractivity contribution in [2.75, 3.05) is 5.32 Å².